The van der Waals surface area contributed by atoms with Crippen molar-refractivity contribution in [2.24, 2.45) is 0 Å². The molecule has 0 spiro atoms. The summed E-state index contributed by atoms with van der Waals surface area (Å²) < 4.78 is 5.24. The van der Waals surface area contributed by atoms with Gasteiger partial charge in [0.25, 0.3) is 0 Å². The van der Waals surface area contributed by atoms with Crippen molar-refractivity contribution < 1.29 is 9.53 Å². The first kappa shape index (κ1) is 10.5. The fraction of sp³-hybridized carbons (Fsp3) is 0.889. The molecule has 0 radical (unpaired) electrons. The molecule has 1 aliphatic heterocycles. The maximum absolute atomic E-state index is 11.3. The molecule has 1 unspecified atom stereocenters. The van der Waals surface area contributed by atoms with Gasteiger partial charge in [0.1, 0.15) is 0 Å². The average molecular weight is 186 g/mol. The first-order chi connectivity index (χ1) is 6.33. The van der Waals surface area contributed by atoms with E-state index in [1.807, 2.05) is 6.92 Å². The molecule has 76 valence electrons. The highest BCUT2D eigenvalue weighted by molar-refractivity contribution is 5.76. The second-order valence-corrected chi connectivity index (χ2v) is 3.28. The minimum absolute atomic E-state index is 0.116. The molecule has 0 aromatic heterocycles. The third-order valence-electron chi connectivity index (χ3n) is 2.00. The van der Waals surface area contributed by atoms with E-state index < -0.39 is 0 Å². The number of carbonyl (C=O) groups is 1. The molecule has 1 heterocycles. The Labute approximate surface area is 79.0 Å². The second kappa shape index (κ2) is 5.94. The Hall–Kier alpha value is -0.610. The van der Waals surface area contributed by atoms with Crippen LogP contribution in [0.15, 0.2) is 0 Å². The van der Waals surface area contributed by atoms with Crippen LogP contribution in [0.2, 0.25) is 0 Å². The quantitative estimate of drug-likeness (QED) is 0.644. The van der Waals surface area contributed by atoms with Gasteiger partial charge in [-0.15, -0.1) is 0 Å². The third-order valence-corrected chi connectivity index (χ3v) is 2.00. The van der Waals surface area contributed by atoms with Crippen LogP contribution in [0.4, 0.5) is 0 Å². The zero-order valence-corrected chi connectivity index (χ0v) is 8.14. The van der Waals surface area contributed by atoms with Crippen LogP contribution in [0, 0.1) is 0 Å². The minimum atomic E-state index is 0.116. The summed E-state index contributed by atoms with van der Waals surface area (Å²) in [4.78, 5) is 11.3. The van der Waals surface area contributed by atoms with Crippen LogP contribution >= 0.6 is 0 Å². The molecule has 0 saturated carbocycles. The molecule has 1 atom stereocenters. The van der Waals surface area contributed by atoms with E-state index in [4.69, 9.17) is 4.74 Å². The normalized spacial score (nSPS) is 22.7. The molecular weight excluding hydrogens is 168 g/mol. The van der Waals surface area contributed by atoms with Crippen molar-refractivity contribution >= 4 is 5.91 Å². The van der Waals surface area contributed by atoms with Gasteiger partial charge < -0.3 is 15.4 Å². The van der Waals surface area contributed by atoms with Crippen molar-refractivity contribution in [1.82, 2.24) is 10.6 Å². The van der Waals surface area contributed by atoms with Gasteiger partial charge in [-0.1, -0.05) is 6.92 Å². The van der Waals surface area contributed by atoms with Crippen LogP contribution < -0.4 is 10.6 Å². The highest BCUT2D eigenvalue weighted by atomic mass is 16.5. The van der Waals surface area contributed by atoms with E-state index in [2.05, 4.69) is 10.6 Å². The van der Waals surface area contributed by atoms with Gasteiger partial charge in [-0.2, -0.15) is 0 Å². The van der Waals surface area contributed by atoms with Crippen LogP contribution in [-0.2, 0) is 9.53 Å². The summed E-state index contributed by atoms with van der Waals surface area (Å²) in [6, 6.07) is 0.200. The molecule has 0 aromatic carbocycles. The van der Waals surface area contributed by atoms with Gasteiger partial charge in [-0.3, -0.25) is 4.79 Å². The smallest absolute Gasteiger partial charge is 0.221 e. The lowest BCUT2D eigenvalue weighted by atomic mass is 10.2. The number of morpholine rings is 1. The van der Waals surface area contributed by atoms with E-state index in [9.17, 15) is 4.79 Å². The summed E-state index contributed by atoms with van der Waals surface area (Å²) in [5, 5.41) is 6.09. The summed E-state index contributed by atoms with van der Waals surface area (Å²) in [5.41, 5.74) is 0. The summed E-state index contributed by atoms with van der Waals surface area (Å²) in [7, 11) is 0. The number of nitrogens with one attached hydrogen (secondary N) is 2. The fourth-order valence-corrected chi connectivity index (χ4v) is 1.31. The van der Waals surface area contributed by atoms with Crippen LogP contribution in [0.25, 0.3) is 0 Å². The zero-order chi connectivity index (χ0) is 9.52. The molecule has 0 aromatic rings. The van der Waals surface area contributed by atoms with Crippen molar-refractivity contribution in [1.29, 1.82) is 0 Å². The number of rotatable bonds is 4. The lowest BCUT2D eigenvalue weighted by molar-refractivity contribution is -0.122. The average Bonchev–Trinajstić information content (AvgIpc) is 2.16. The van der Waals surface area contributed by atoms with Crippen molar-refractivity contribution in [3.05, 3.63) is 0 Å². The number of carbonyl (C=O) groups excluding carboxylic acids is 1. The molecule has 0 bridgehead atoms. The Morgan fingerprint density at radius 1 is 1.69 bits per heavy atom. The molecule has 1 aliphatic rings. The Kier molecular flexibility index (Phi) is 4.78. The summed E-state index contributed by atoms with van der Waals surface area (Å²) in [6.45, 7) is 5.08. The highest BCUT2D eigenvalue weighted by Crippen LogP contribution is 1.97. The van der Waals surface area contributed by atoms with Crippen molar-refractivity contribution in [2.75, 3.05) is 26.3 Å². The van der Waals surface area contributed by atoms with Crippen LogP contribution in [0.3, 0.4) is 0 Å². The highest BCUT2D eigenvalue weighted by Gasteiger charge is 2.15. The summed E-state index contributed by atoms with van der Waals surface area (Å²) >= 11 is 0. The molecule has 4 heteroatoms. The van der Waals surface area contributed by atoms with Crippen molar-refractivity contribution in [3.63, 3.8) is 0 Å². The predicted octanol–water partition coefficient (Wildman–Crippen LogP) is -0.109. The van der Waals surface area contributed by atoms with Gasteiger partial charge in [0.2, 0.25) is 5.91 Å². The molecule has 2 N–H and O–H groups in total. The van der Waals surface area contributed by atoms with Crippen LogP contribution in [0.5, 0.6) is 0 Å². The SMILES string of the molecule is CCCNC(=O)CC1COCCN1. The number of amides is 1. The van der Waals surface area contributed by atoms with Gasteiger partial charge in [-0.05, 0) is 6.42 Å². The van der Waals surface area contributed by atoms with Gasteiger partial charge in [0, 0.05) is 25.6 Å². The van der Waals surface area contributed by atoms with E-state index in [1.165, 1.54) is 0 Å². The van der Waals surface area contributed by atoms with Gasteiger partial charge >= 0.3 is 0 Å². The Morgan fingerprint density at radius 3 is 3.15 bits per heavy atom. The minimum Gasteiger partial charge on any atom is -0.378 e. The van der Waals surface area contributed by atoms with Crippen LogP contribution in [0.1, 0.15) is 19.8 Å². The third kappa shape index (κ3) is 4.24. The molecule has 13 heavy (non-hydrogen) atoms. The number of hydrogen-bond donors (Lipinski definition) is 2. The van der Waals surface area contributed by atoms with Crippen molar-refractivity contribution in [2.45, 2.75) is 25.8 Å². The van der Waals surface area contributed by atoms with Crippen LogP contribution in [-0.4, -0.2) is 38.3 Å². The van der Waals surface area contributed by atoms with Crippen molar-refractivity contribution in [3.8, 4) is 0 Å². The summed E-state index contributed by atoms with van der Waals surface area (Å²) in [5.74, 6) is 0.116. The van der Waals surface area contributed by atoms with E-state index in [1.54, 1.807) is 0 Å². The van der Waals surface area contributed by atoms with E-state index in [0.717, 1.165) is 26.1 Å². The van der Waals surface area contributed by atoms with Gasteiger partial charge in [0.15, 0.2) is 0 Å². The Balaban J connectivity index is 2.11. The first-order valence-electron chi connectivity index (χ1n) is 4.90. The largest absolute Gasteiger partial charge is 0.378 e. The summed E-state index contributed by atoms with van der Waals surface area (Å²) in [6.07, 6.45) is 1.51. The lowest BCUT2D eigenvalue weighted by Crippen LogP contribution is -2.44. The second-order valence-electron chi connectivity index (χ2n) is 3.28. The number of ether oxygens (including phenoxy) is 1. The fourth-order valence-electron chi connectivity index (χ4n) is 1.31. The topological polar surface area (TPSA) is 50.4 Å². The molecule has 1 fully saturated rings. The predicted molar refractivity (Wildman–Crippen MR) is 50.5 cm³/mol. The van der Waals surface area contributed by atoms with E-state index >= 15 is 0 Å². The Morgan fingerprint density at radius 2 is 2.54 bits per heavy atom. The van der Waals surface area contributed by atoms with E-state index in [0.29, 0.717) is 13.0 Å². The molecule has 1 amide bonds. The maximum Gasteiger partial charge on any atom is 0.221 e. The maximum atomic E-state index is 11.3. The van der Waals surface area contributed by atoms with Gasteiger partial charge in [-0.25, -0.2) is 0 Å². The first-order valence-corrected chi connectivity index (χ1v) is 4.90. The van der Waals surface area contributed by atoms with Gasteiger partial charge in [0.05, 0.1) is 13.2 Å². The number of hydrogen-bond acceptors (Lipinski definition) is 3. The Bertz CT molecular complexity index is 156. The zero-order valence-electron chi connectivity index (χ0n) is 8.14. The molecule has 0 aliphatic carbocycles. The van der Waals surface area contributed by atoms with E-state index in [-0.39, 0.29) is 11.9 Å². The monoisotopic (exact) mass is 186 g/mol. The molecule has 1 rings (SSSR count). The molecule has 1 saturated heterocycles. The molecular formula is C9H18N2O2. The molecule has 4 nitrogen and oxygen atoms in total. The lowest BCUT2D eigenvalue weighted by Gasteiger charge is -2.23. The standard InChI is InChI=1S/C9H18N2O2/c1-2-3-11-9(12)6-8-7-13-5-4-10-8/h8,10H,2-7H2,1H3,(H,11,12).